The molecule has 0 bridgehead atoms. The fraction of sp³-hybridized carbons (Fsp3) is 0.615. The number of rotatable bonds is 4. The maximum absolute atomic E-state index is 11.9. The number of hydrogen-bond acceptors (Lipinski definition) is 3. The minimum Gasteiger partial charge on any atom is -0.456 e. The summed E-state index contributed by atoms with van der Waals surface area (Å²) in [5.41, 5.74) is 0. The van der Waals surface area contributed by atoms with Crippen LogP contribution in [-0.4, -0.2) is 25.0 Å². The number of furan rings is 1. The van der Waals surface area contributed by atoms with E-state index in [9.17, 15) is 4.79 Å². The van der Waals surface area contributed by atoms with Crippen molar-refractivity contribution in [1.29, 1.82) is 0 Å². The third kappa shape index (κ3) is 2.88. The highest BCUT2D eigenvalue weighted by Gasteiger charge is 2.23. The van der Waals surface area contributed by atoms with Gasteiger partial charge >= 0.3 is 0 Å². The molecular formula is C13H20N2O2. The van der Waals surface area contributed by atoms with Gasteiger partial charge in [-0.05, 0) is 44.5 Å². The minimum absolute atomic E-state index is 0.107. The van der Waals surface area contributed by atoms with Crippen molar-refractivity contribution >= 4 is 5.91 Å². The molecule has 1 aliphatic heterocycles. The lowest BCUT2D eigenvalue weighted by molar-refractivity contribution is 0.0899. The molecule has 4 nitrogen and oxygen atoms in total. The van der Waals surface area contributed by atoms with Crippen LogP contribution in [0.25, 0.3) is 0 Å². The summed E-state index contributed by atoms with van der Waals surface area (Å²) in [6, 6.07) is 3.79. The largest absolute Gasteiger partial charge is 0.456 e. The van der Waals surface area contributed by atoms with E-state index in [-0.39, 0.29) is 11.9 Å². The molecule has 2 N–H and O–H groups in total. The quantitative estimate of drug-likeness (QED) is 0.834. The van der Waals surface area contributed by atoms with Crippen LogP contribution in [0.5, 0.6) is 0 Å². The highest BCUT2D eigenvalue weighted by molar-refractivity contribution is 5.91. The van der Waals surface area contributed by atoms with Gasteiger partial charge in [0, 0.05) is 12.5 Å². The van der Waals surface area contributed by atoms with Gasteiger partial charge in [-0.3, -0.25) is 4.79 Å². The van der Waals surface area contributed by atoms with Crippen molar-refractivity contribution in [2.75, 3.05) is 13.1 Å². The second-order valence-corrected chi connectivity index (χ2v) is 4.63. The first kappa shape index (κ1) is 12.2. The lowest BCUT2D eigenvalue weighted by Gasteiger charge is -2.18. The number of hydrogen-bond donors (Lipinski definition) is 2. The van der Waals surface area contributed by atoms with Crippen molar-refractivity contribution in [2.24, 2.45) is 5.92 Å². The van der Waals surface area contributed by atoms with Crippen molar-refractivity contribution in [3.8, 4) is 0 Å². The van der Waals surface area contributed by atoms with Gasteiger partial charge in [-0.1, -0.05) is 6.92 Å². The first-order valence-corrected chi connectivity index (χ1v) is 6.31. The molecule has 0 saturated carbocycles. The number of amides is 1. The Morgan fingerprint density at radius 3 is 3.06 bits per heavy atom. The summed E-state index contributed by atoms with van der Waals surface area (Å²) < 4.78 is 5.43. The molecule has 0 radical (unpaired) electrons. The highest BCUT2D eigenvalue weighted by Crippen LogP contribution is 2.14. The van der Waals surface area contributed by atoms with Gasteiger partial charge in [0.15, 0.2) is 5.76 Å². The van der Waals surface area contributed by atoms with E-state index in [4.69, 9.17) is 4.42 Å². The lowest BCUT2D eigenvalue weighted by atomic mass is 10.0. The SMILES string of the molecule is CCc1ccc(C(=O)NC(C)C2CCNC2)o1. The van der Waals surface area contributed by atoms with Gasteiger partial charge in [0.1, 0.15) is 5.76 Å². The maximum atomic E-state index is 11.9. The van der Waals surface area contributed by atoms with Crippen molar-refractivity contribution < 1.29 is 9.21 Å². The lowest BCUT2D eigenvalue weighted by Crippen LogP contribution is -2.38. The Morgan fingerprint density at radius 1 is 1.65 bits per heavy atom. The maximum Gasteiger partial charge on any atom is 0.287 e. The molecule has 1 aromatic rings. The second kappa shape index (κ2) is 5.36. The van der Waals surface area contributed by atoms with Crippen LogP contribution in [0, 0.1) is 5.92 Å². The molecule has 1 aromatic heterocycles. The summed E-state index contributed by atoms with van der Waals surface area (Å²) >= 11 is 0. The molecule has 0 aliphatic carbocycles. The van der Waals surface area contributed by atoms with Crippen molar-refractivity contribution in [3.63, 3.8) is 0 Å². The monoisotopic (exact) mass is 236 g/mol. The Morgan fingerprint density at radius 2 is 2.47 bits per heavy atom. The average molecular weight is 236 g/mol. The predicted octanol–water partition coefficient (Wildman–Crippen LogP) is 1.57. The van der Waals surface area contributed by atoms with Gasteiger partial charge in [0.2, 0.25) is 0 Å². The van der Waals surface area contributed by atoms with Crippen molar-refractivity contribution in [3.05, 3.63) is 23.7 Å². The van der Waals surface area contributed by atoms with Crippen molar-refractivity contribution in [1.82, 2.24) is 10.6 Å². The topological polar surface area (TPSA) is 54.3 Å². The Balaban J connectivity index is 1.91. The van der Waals surface area contributed by atoms with Gasteiger partial charge in [0.25, 0.3) is 5.91 Å². The van der Waals surface area contributed by atoms with E-state index in [1.54, 1.807) is 6.07 Å². The van der Waals surface area contributed by atoms with Crippen LogP contribution in [0.15, 0.2) is 16.5 Å². The Labute approximate surface area is 102 Å². The third-order valence-corrected chi connectivity index (χ3v) is 3.40. The minimum atomic E-state index is -0.107. The van der Waals surface area contributed by atoms with Crippen molar-refractivity contribution in [2.45, 2.75) is 32.7 Å². The summed E-state index contributed by atoms with van der Waals surface area (Å²) in [6.07, 6.45) is 1.94. The first-order valence-electron chi connectivity index (χ1n) is 6.31. The molecule has 2 unspecified atom stereocenters. The van der Waals surface area contributed by atoms with E-state index in [0.717, 1.165) is 31.7 Å². The van der Waals surface area contributed by atoms with Crippen LogP contribution in [0.4, 0.5) is 0 Å². The Kier molecular flexibility index (Phi) is 3.84. The van der Waals surface area contributed by atoms with Crippen LogP contribution >= 0.6 is 0 Å². The fourth-order valence-electron chi connectivity index (χ4n) is 2.19. The van der Waals surface area contributed by atoms with E-state index in [1.165, 1.54) is 0 Å². The first-order chi connectivity index (χ1) is 8.20. The molecule has 1 fully saturated rings. The van der Waals surface area contributed by atoms with Gasteiger partial charge in [-0.25, -0.2) is 0 Å². The van der Waals surface area contributed by atoms with E-state index in [0.29, 0.717) is 11.7 Å². The molecule has 1 amide bonds. The van der Waals surface area contributed by atoms with Crippen LogP contribution < -0.4 is 10.6 Å². The molecule has 0 aromatic carbocycles. The van der Waals surface area contributed by atoms with E-state index >= 15 is 0 Å². The summed E-state index contributed by atoms with van der Waals surface area (Å²) in [6.45, 7) is 6.10. The standard InChI is InChI=1S/C13H20N2O2/c1-3-11-4-5-12(17-11)13(16)15-9(2)10-6-7-14-8-10/h4-5,9-10,14H,3,6-8H2,1-2H3,(H,15,16). The summed E-state index contributed by atoms with van der Waals surface area (Å²) in [4.78, 5) is 11.9. The smallest absolute Gasteiger partial charge is 0.287 e. The molecule has 1 aliphatic rings. The van der Waals surface area contributed by atoms with E-state index < -0.39 is 0 Å². The predicted molar refractivity (Wildman–Crippen MR) is 66.0 cm³/mol. The van der Waals surface area contributed by atoms with Crippen LogP contribution in [-0.2, 0) is 6.42 Å². The number of aryl methyl sites for hydroxylation is 1. The second-order valence-electron chi connectivity index (χ2n) is 4.63. The zero-order chi connectivity index (χ0) is 12.3. The fourth-order valence-corrected chi connectivity index (χ4v) is 2.19. The molecule has 94 valence electrons. The molecular weight excluding hydrogens is 216 g/mol. The molecule has 0 spiro atoms. The Bertz CT molecular complexity index is 381. The number of nitrogens with one attached hydrogen (secondary N) is 2. The zero-order valence-electron chi connectivity index (χ0n) is 10.5. The van der Waals surface area contributed by atoms with Crippen LogP contribution in [0.3, 0.4) is 0 Å². The van der Waals surface area contributed by atoms with Gasteiger partial charge in [-0.15, -0.1) is 0 Å². The van der Waals surface area contributed by atoms with Gasteiger partial charge in [-0.2, -0.15) is 0 Å². The number of carbonyl (C=O) groups excluding carboxylic acids is 1. The zero-order valence-corrected chi connectivity index (χ0v) is 10.5. The average Bonchev–Trinajstić information content (AvgIpc) is 3.00. The van der Waals surface area contributed by atoms with E-state index in [2.05, 4.69) is 17.6 Å². The molecule has 17 heavy (non-hydrogen) atoms. The molecule has 2 heterocycles. The van der Waals surface area contributed by atoms with E-state index in [1.807, 2.05) is 13.0 Å². The Hall–Kier alpha value is -1.29. The molecule has 1 saturated heterocycles. The third-order valence-electron chi connectivity index (χ3n) is 3.40. The molecule has 2 rings (SSSR count). The summed E-state index contributed by atoms with van der Waals surface area (Å²) in [5, 5.41) is 6.31. The van der Waals surface area contributed by atoms with Gasteiger partial charge in [0.05, 0.1) is 0 Å². The van der Waals surface area contributed by atoms with Crippen LogP contribution in [0.1, 0.15) is 36.6 Å². The summed E-state index contributed by atoms with van der Waals surface area (Å²) in [5.74, 6) is 1.69. The highest BCUT2D eigenvalue weighted by atomic mass is 16.3. The molecule has 2 atom stereocenters. The normalized spacial score (nSPS) is 21.4. The summed E-state index contributed by atoms with van der Waals surface area (Å²) in [7, 11) is 0. The number of carbonyl (C=O) groups is 1. The van der Waals surface area contributed by atoms with Crippen LogP contribution in [0.2, 0.25) is 0 Å². The van der Waals surface area contributed by atoms with Gasteiger partial charge < -0.3 is 15.1 Å². The molecule has 4 heteroatoms.